The van der Waals surface area contributed by atoms with Gasteiger partial charge in [0.1, 0.15) is 11.5 Å². The fourth-order valence-electron chi connectivity index (χ4n) is 0.493. The quantitative estimate of drug-likeness (QED) is 0.656. The maximum Gasteiger partial charge on any atom is 0.119 e. The Morgan fingerprint density at radius 1 is 1.00 bits per heavy atom. The van der Waals surface area contributed by atoms with Crippen LogP contribution in [0.1, 0.15) is 13.8 Å². The first-order valence-electron chi connectivity index (χ1n) is 3.41. The highest BCUT2D eigenvalue weighted by molar-refractivity contribution is 15.0. The van der Waals surface area contributed by atoms with Gasteiger partial charge in [-0.25, -0.2) is 0 Å². The number of benzene rings is 1. The molecule has 0 heterocycles. The van der Waals surface area contributed by atoms with Crippen LogP contribution in [0.25, 0.3) is 0 Å². The molecular formula is C8H12I2O2. The normalized spacial score (nSPS) is 7.00. The second-order valence-electron chi connectivity index (χ2n) is 1.52. The van der Waals surface area contributed by atoms with Gasteiger partial charge in [-0.1, -0.05) is 19.9 Å². The molecule has 0 amide bonds. The zero-order chi connectivity index (χ0) is 9.98. The van der Waals surface area contributed by atoms with Crippen LogP contribution in [0.2, 0.25) is 0 Å². The third kappa shape index (κ3) is 8.38. The molecule has 0 aliphatic rings. The van der Waals surface area contributed by atoms with Gasteiger partial charge in [0.2, 0.25) is 0 Å². The van der Waals surface area contributed by atoms with Crippen LogP contribution < -0.4 is 0 Å². The van der Waals surface area contributed by atoms with E-state index >= 15 is 0 Å². The van der Waals surface area contributed by atoms with Crippen molar-refractivity contribution in [3.05, 3.63) is 24.3 Å². The Hall–Kier alpha value is 0.280. The molecule has 12 heavy (non-hydrogen) atoms. The van der Waals surface area contributed by atoms with E-state index in [1.807, 2.05) is 13.8 Å². The van der Waals surface area contributed by atoms with E-state index in [1.54, 1.807) is 6.07 Å². The summed E-state index contributed by atoms with van der Waals surface area (Å²) in [5.41, 5.74) is 0. The van der Waals surface area contributed by atoms with Crippen LogP contribution in [0.4, 0.5) is 0 Å². The van der Waals surface area contributed by atoms with Crippen molar-refractivity contribution in [2.75, 3.05) is 0 Å². The molecule has 0 atom stereocenters. The molecule has 0 aliphatic carbocycles. The Bertz CT molecular complexity index is 175. The highest BCUT2D eigenvalue weighted by Crippen LogP contribution is 2.14. The molecule has 0 bridgehead atoms. The van der Waals surface area contributed by atoms with Crippen LogP contribution in [0, 0.1) is 0 Å². The second-order valence-corrected chi connectivity index (χ2v) is 1.52. The molecular weight excluding hydrogens is 382 g/mol. The number of phenolic OH excluding ortho intramolecular Hbond substituents is 2. The Morgan fingerprint density at radius 2 is 1.33 bits per heavy atom. The molecule has 2 N–H and O–H groups in total. The van der Waals surface area contributed by atoms with Crippen LogP contribution in [0.3, 0.4) is 0 Å². The van der Waals surface area contributed by atoms with Gasteiger partial charge in [0.15, 0.2) is 0 Å². The van der Waals surface area contributed by atoms with Crippen molar-refractivity contribution in [3.8, 4) is 11.5 Å². The molecule has 2 nitrogen and oxygen atoms in total. The fourth-order valence-corrected chi connectivity index (χ4v) is 0.493. The summed E-state index contributed by atoms with van der Waals surface area (Å²) < 4.78 is 0. The Balaban J connectivity index is 0. The van der Waals surface area contributed by atoms with Gasteiger partial charge in [-0.3, -0.25) is 0 Å². The number of aromatic hydroxyl groups is 2. The Kier molecular flexibility index (Phi) is 13.9. The van der Waals surface area contributed by atoms with Crippen LogP contribution in [-0.4, -0.2) is 10.2 Å². The number of hydrogen-bond donors (Lipinski definition) is 2. The summed E-state index contributed by atoms with van der Waals surface area (Å²) in [5.74, 6) is 0.176. The monoisotopic (exact) mass is 394 g/mol. The average molecular weight is 394 g/mol. The lowest BCUT2D eigenvalue weighted by atomic mass is 10.3. The molecule has 1 aromatic rings. The van der Waals surface area contributed by atoms with E-state index in [9.17, 15) is 0 Å². The molecule has 0 aromatic heterocycles. The first kappa shape index (κ1) is 14.8. The van der Waals surface area contributed by atoms with Crippen molar-refractivity contribution < 1.29 is 10.2 Å². The molecule has 4 heteroatoms. The van der Waals surface area contributed by atoms with Crippen molar-refractivity contribution in [2.45, 2.75) is 13.8 Å². The van der Waals surface area contributed by atoms with Gasteiger partial charge in [-0.15, -0.1) is 0 Å². The van der Waals surface area contributed by atoms with E-state index in [4.69, 9.17) is 10.2 Å². The van der Waals surface area contributed by atoms with E-state index in [0.29, 0.717) is 0 Å². The number of halogens is 2. The minimum atomic E-state index is 0.0880. The predicted octanol–water partition coefficient (Wildman–Crippen LogP) is 3.90. The van der Waals surface area contributed by atoms with Gasteiger partial charge in [0.25, 0.3) is 0 Å². The van der Waals surface area contributed by atoms with Crippen LogP contribution >= 0.6 is 37.2 Å². The fraction of sp³-hybridized carbons (Fsp3) is 0.250. The Morgan fingerprint density at radius 3 is 1.50 bits per heavy atom. The smallest absolute Gasteiger partial charge is 0.119 e. The van der Waals surface area contributed by atoms with Gasteiger partial charge < -0.3 is 10.2 Å². The van der Waals surface area contributed by atoms with Crippen LogP contribution in [-0.2, 0) is 0 Å². The molecule has 1 rings (SSSR count). The van der Waals surface area contributed by atoms with E-state index < -0.39 is 0 Å². The van der Waals surface area contributed by atoms with Crippen LogP contribution in [0.5, 0.6) is 11.5 Å². The van der Waals surface area contributed by atoms with Gasteiger partial charge in [0.05, 0.1) is 0 Å². The van der Waals surface area contributed by atoms with Crippen molar-refractivity contribution in [1.29, 1.82) is 0 Å². The minimum Gasteiger partial charge on any atom is -0.508 e. The number of phenols is 2. The summed E-state index contributed by atoms with van der Waals surface area (Å²) in [7, 11) is 0. The predicted molar refractivity (Wildman–Crippen MR) is 69.2 cm³/mol. The van der Waals surface area contributed by atoms with Crippen molar-refractivity contribution in [1.82, 2.24) is 0 Å². The number of rotatable bonds is 0. The first-order chi connectivity index (χ1) is 5.79. The molecule has 1 aromatic carbocycles. The SMILES string of the molecule is CC.II.Oc1cccc(O)c1. The third-order valence-electron chi connectivity index (χ3n) is 0.830. The van der Waals surface area contributed by atoms with Gasteiger partial charge in [-0.05, 0) is 12.1 Å². The van der Waals surface area contributed by atoms with E-state index in [-0.39, 0.29) is 11.5 Å². The summed E-state index contributed by atoms with van der Waals surface area (Å²) >= 11 is 4.24. The minimum absolute atomic E-state index is 0.0880. The van der Waals surface area contributed by atoms with Gasteiger partial charge in [0, 0.05) is 43.3 Å². The second kappa shape index (κ2) is 11.3. The lowest BCUT2D eigenvalue weighted by Crippen LogP contribution is -1.61. The maximum absolute atomic E-state index is 8.65. The lowest BCUT2D eigenvalue weighted by Gasteiger charge is -1.89. The number of hydrogen-bond acceptors (Lipinski definition) is 2. The third-order valence-corrected chi connectivity index (χ3v) is 0.830. The molecule has 70 valence electrons. The summed E-state index contributed by atoms with van der Waals surface area (Å²) in [6.45, 7) is 4.00. The van der Waals surface area contributed by atoms with E-state index in [2.05, 4.69) is 37.2 Å². The molecule has 0 saturated carbocycles. The summed E-state index contributed by atoms with van der Waals surface area (Å²) in [4.78, 5) is 0. The van der Waals surface area contributed by atoms with E-state index in [1.165, 1.54) is 18.2 Å². The van der Waals surface area contributed by atoms with Crippen molar-refractivity contribution in [2.24, 2.45) is 0 Å². The van der Waals surface area contributed by atoms with Gasteiger partial charge >= 0.3 is 0 Å². The highest BCUT2D eigenvalue weighted by Gasteiger charge is 1.85. The van der Waals surface area contributed by atoms with Crippen molar-refractivity contribution >= 4 is 37.2 Å². The molecule has 0 radical (unpaired) electrons. The first-order valence-corrected chi connectivity index (χ1v) is 9.70. The summed E-state index contributed by atoms with van der Waals surface area (Å²) in [6, 6.07) is 5.85. The maximum atomic E-state index is 8.65. The summed E-state index contributed by atoms with van der Waals surface area (Å²) in [5, 5.41) is 17.3. The largest absolute Gasteiger partial charge is 0.508 e. The van der Waals surface area contributed by atoms with Gasteiger partial charge in [-0.2, -0.15) is 0 Å². The zero-order valence-electron chi connectivity index (χ0n) is 6.96. The molecule has 0 unspecified atom stereocenters. The highest BCUT2D eigenvalue weighted by atomic mass is 128. The molecule has 0 spiro atoms. The standard InChI is InChI=1S/C6H6O2.C2H6.I2/c7-5-2-1-3-6(8)4-5;2*1-2/h1-4,7-8H;1-2H3;. The molecule has 0 aliphatic heterocycles. The van der Waals surface area contributed by atoms with E-state index in [0.717, 1.165) is 0 Å². The van der Waals surface area contributed by atoms with Crippen molar-refractivity contribution in [3.63, 3.8) is 0 Å². The summed E-state index contributed by atoms with van der Waals surface area (Å²) in [6.07, 6.45) is 0. The molecule has 0 fully saturated rings. The van der Waals surface area contributed by atoms with Crippen LogP contribution in [0.15, 0.2) is 24.3 Å². The average Bonchev–Trinajstić information content (AvgIpc) is 2.11. The molecule has 0 saturated heterocycles. The topological polar surface area (TPSA) is 40.5 Å². The Labute approximate surface area is 96.3 Å². The lowest BCUT2D eigenvalue weighted by molar-refractivity contribution is 0.450. The zero-order valence-corrected chi connectivity index (χ0v) is 11.3.